The highest BCUT2D eigenvalue weighted by atomic mass is 19.4. The number of halogens is 21. The summed E-state index contributed by atoms with van der Waals surface area (Å²) in [7, 11) is 1.30. The minimum atomic E-state index is -5.08. The molecule has 0 aliphatic heterocycles. The van der Waals surface area contributed by atoms with E-state index in [1.807, 2.05) is 62.3 Å². The maximum absolute atomic E-state index is 13.1. The molecule has 13 unspecified atom stereocenters. The molecular formula is C84H111F21O9. The summed E-state index contributed by atoms with van der Waals surface area (Å²) in [5.74, 6) is 0.315. The Labute approximate surface area is 654 Å². The third-order valence-electron chi connectivity index (χ3n) is 21.3. The van der Waals surface area contributed by atoms with Crippen molar-refractivity contribution in [3.63, 3.8) is 0 Å². The average molecular weight is 1660 g/mol. The van der Waals surface area contributed by atoms with Crippen LogP contribution in [0.1, 0.15) is 289 Å². The molecule has 0 aromatic heterocycles. The number of aromatic hydroxyl groups is 1. The van der Waals surface area contributed by atoms with Gasteiger partial charge in [0.15, 0.2) is 39.2 Å². The monoisotopic (exact) mass is 1660 g/mol. The highest BCUT2D eigenvalue weighted by molar-refractivity contribution is 5.46. The van der Waals surface area contributed by atoms with Gasteiger partial charge in [0.2, 0.25) is 0 Å². The first kappa shape index (κ1) is 105. The van der Waals surface area contributed by atoms with Crippen molar-refractivity contribution < 1.29 is 138 Å². The van der Waals surface area contributed by atoms with Crippen LogP contribution in [-0.4, -0.2) is 91.2 Å². The van der Waals surface area contributed by atoms with Gasteiger partial charge in [-0.15, -0.1) is 0 Å². The fourth-order valence-electron chi connectivity index (χ4n) is 11.0. The Hall–Kier alpha value is -6.83. The normalized spacial score (nSPS) is 17.7. The first-order valence-electron chi connectivity index (χ1n) is 36.8. The average Bonchev–Trinajstić information content (AvgIpc) is 0.704. The van der Waals surface area contributed by atoms with Crippen molar-refractivity contribution in [2.45, 2.75) is 302 Å². The van der Waals surface area contributed by atoms with E-state index < -0.39 is 105 Å². The van der Waals surface area contributed by atoms with E-state index in [0.29, 0.717) is 45.1 Å². The van der Waals surface area contributed by atoms with Crippen LogP contribution in [0.5, 0.6) is 11.5 Å². The molecule has 0 amide bonds. The number of methoxy groups -OCH3 is 1. The predicted octanol–water partition coefficient (Wildman–Crippen LogP) is 24.9. The molecule has 0 bridgehead atoms. The maximum atomic E-state index is 13.1. The summed E-state index contributed by atoms with van der Waals surface area (Å²) >= 11 is 0. The molecule has 648 valence electrons. The molecule has 0 aliphatic carbocycles. The van der Waals surface area contributed by atoms with Gasteiger partial charge in [0.25, 0.3) is 0 Å². The molecule has 0 aliphatic rings. The van der Waals surface area contributed by atoms with E-state index in [1.54, 1.807) is 64.1 Å². The Kier molecular flexibility index (Phi) is 36.6. The van der Waals surface area contributed by atoms with Gasteiger partial charge in [0.05, 0.1) is 7.11 Å². The van der Waals surface area contributed by atoms with E-state index in [1.165, 1.54) is 61.7 Å². The second-order valence-electron chi connectivity index (χ2n) is 30.2. The van der Waals surface area contributed by atoms with E-state index in [0.717, 1.165) is 117 Å². The number of benzene rings is 6. The van der Waals surface area contributed by atoms with Crippen molar-refractivity contribution in [2.75, 3.05) is 7.11 Å². The van der Waals surface area contributed by atoms with E-state index in [4.69, 9.17) is 4.74 Å². The number of ether oxygens (including phenoxy) is 1. The van der Waals surface area contributed by atoms with Crippen LogP contribution in [-0.2, 0) is 39.2 Å². The van der Waals surface area contributed by atoms with E-state index in [9.17, 15) is 133 Å². The van der Waals surface area contributed by atoms with Crippen molar-refractivity contribution in [3.05, 3.63) is 199 Å². The topological polar surface area (TPSA) is 171 Å². The molecule has 6 rings (SSSR count). The lowest BCUT2D eigenvalue weighted by Crippen LogP contribution is -2.42. The molecule has 114 heavy (non-hydrogen) atoms. The standard InChI is InChI=1S/C16H20F6O2.C15H21F3O.C14H19F3O2.C13H17F3O2.2C13H17F3O/c1-5-9(2)10-6-11(13(3,23)15(17,18)19)8-12(7-10)14(4,24)16(20,21)22;1-6-9(2)13-10(3)7-12(8-11(13)4)14(5,19)15(16,17)18;1-5-9(2)10-6-7-11(12(8-10)19-4)13(3,18)14(15,16)17;1-4-8(2)9-5-6-10(11(17)7-9)12(3,18)13(14,15)16;1-4-9(2)10-5-7-11(8-6-10)12(3,17)13(14,15)16;1-4-9(2)10-6-5-7-11(8-10)12(3,17)13(14,15)16/h6-9,23-24H,5H2,1-4H3;7-9,19H,6H2,1-5H3;6-9,18H,5H2,1-4H3;5-8,17-18H,4H2,1-3H3;2*5-9,17H,4H2,1-3H3. The molecule has 9 nitrogen and oxygen atoms in total. The second-order valence-corrected chi connectivity index (χ2v) is 30.2. The molecule has 6 aromatic rings. The lowest BCUT2D eigenvalue weighted by molar-refractivity contribution is -0.261. The first-order chi connectivity index (χ1) is 51.2. The zero-order valence-electron chi connectivity index (χ0n) is 68.1. The van der Waals surface area contributed by atoms with E-state index >= 15 is 0 Å². The quantitative estimate of drug-likeness (QED) is 0.0347. The zero-order valence-corrected chi connectivity index (χ0v) is 68.1. The molecule has 0 spiro atoms. The van der Waals surface area contributed by atoms with Crippen LogP contribution in [0.25, 0.3) is 0 Å². The molecule has 30 heteroatoms. The Morgan fingerprint density at radius 3 is 0.868 bits per heavy atom. The number of hydrogen-bond acceptors (Lipinski definition) is 9. The number of alkyl halides is 21. The summed E-state index contributed by atoms with van der Waals surface area (Å²) in [6, 6.07) is 25.9. The Bertz CT molecular complexity index is 3900. The fourth-order valence-corrected chi connectivity index (χ4v) is 11.0. The van der Waals surface area contributed by atoms with Gasteiger partial charge in [-0.2, -0.15) is 92.2 Å². The third-order valence-corrected chi connectivity index (χ3v) is 21.3. The van der Waals surface area contributed by atoms with Crippen molar-refractivity contribution in [1.29, 1.82) is 0 Å². The minimum absolute atomic E-state index is 0.0557. The summed E-state index contributed by atoms with van der Waals surface area (Å²) in [6.07, 6.45) is -28.9. The van der Waals surface area contributed by atoms with Crippen LogP contribution in [0.3, 0.4) is 0 Å². The summed E-state index contributed by atoms with van der Waals surface area (Å²) in [4.78, 5) is 0. The van der Waals surface area contributed by atoms with Crippen molar-refractivity contribution in [1.82, 2.24) is 0 Å². The molecular weight excluding hydrogens is 1550 g/mol. The number of hydrogen-bond donors (Lipinski definition) is 8. The summed E-state index contributed by atoms with van der Waals surface area (Å²) in [5, 5.41) is 77.3. The number of phenols is 1. The van der Waals surface area contributed by atoms with Gasteiger partial charge in [-0.05, 0) is 227 Å². The Balaban J connectivity index is 0.000000687. The van der Waals surface area contributed by atoms with E-state index in [-0.39, 0.29) is 57.2 Å². The van der Waals surface area contributed by atoms with Crippen molar-refractivity contribution in [2.24, 2.45) is 0 Å². The van der Waals surface area contributed by atoms with Crippen LogP contribution >= 0.6 is 0 Å². The van der Waals surface area contributed by atoms with Gasteiger partial charge in [-0.25, -0.2) is 0 Å². The van der Waals surface area contributed by atoms with Gasteiger partial charge >= 0.3 is 43.2 Å². The molecule has 0 saturated carbocycles. The van der Waals surface area contributed by atoms with Crippen molar-refractivity contribution in [3.8, 4) is 11.5 Å². The van der Waals surface area contributed by atoms with Crippen LogP contribution in [0.2, 0.25) is 0 Å². The van der Waals surface area contributed by atoms with Gasteiger partial charge in [0.1, 0.15) is 11.5 Å². The molecule has 0 fully saturated rings. The maximum Gasteiger partial charge on any atom is 0.421 e. The van der Waals surface area contributed by atoms with Crippen LogP contribution < -0.4 is 4.74 Å². The number of phenolic OH excluding ortho intramolecular Hbond substituents is 1. The third kappa shape index (κ3) is 25.8. The van der Waals surface area contributed by atoms with Crippen LogP contribution in [0, 0.1) is 13.8 Å². The molecule has 0 heterocycles. The Morgan fingerprint density at radius 2 is 0.544 bits per heavy atom. The summed E-state index contributed by atoms with van der Waals surface area (Å²) in [6.45, 7) is 31.5. The van der Waals surface area contributed by atoms with Crippen LogP contribution in [0.15, 0.2) is 115 Å². The van der Waals surface area contributed by atoms with Gasteiger partial charge in [0, 0.05) is 11.1 Å². The molecule has 0 radical (unpaired) electrons. The fraction of sp³-hybridized carbons (Fsp3) is 0.571. The lowest BCUT2D eigenvalue weighted by atomic mass is 9.84. The highest BCUT2D eigenvalue weighted by Crippen LogP contribution is 2.49. The Morgan fingerprint density at radius 1 is 0.281 bits per heavy atom. The van der Waals surface area contributed by atoms with Crippen molar-refractivity contribution >= 4 is 0 Å². The highest BCUT2D eigenvalue weighted by Gasteiger charge is 2.58. The molecule has 0 saturated heterocycles. The molecule has 8 N–H and O–H groups in total. The van der Waals surface area contributed by atoms with Gasteiger partial charge < -0.3 is 45.6 Å². The smallest absolute Gasteiger partial charge is 0.421 e. The first-order valence-corrected chi connectivity index (χ1v) is 36.8. The summed E-state index contributed by atoms with van der Waals surface area (Å²) < 4.78 is 274. The predicted molar refractivity (Wildman–Crippen MR) is 398 cm³/mol. The largest absolute Gasteiger partial charge is 0.508 e. The minimum Gasteiger partial charge on any atom is -0.508 e. The second kappa shape index (κ2) is 39.6. The van der Waals surface area contributed by atoms with Gasteiger partial charge in [-0.1, -0.05) is 180 Å². The number of rotatable bonds is 20. The SMILES string of the molecule is CCC(C)c1c(C)cc(C(C)(O)C(F)(F)F)cc1C.CCC(C)c1cc(C(C)(O)C(F)(F)F)cc(C(C)(O)C(F)(F)F)c1.CCC(C)c1ccc(C(C)(O)C(F)(F)F)c(O)c1.CCC(C)c1ccc(C(C)(O)C(F)(F)F)c(OC)c1.CCC(C)c1ccc(C(C)(O)C(F)(F)F)cc1.CCC(C)c1cccc(C(C)(O)C(F)(F)F)c1. The number of aryl methyl sites for hydroxylation is 2. The van der Waals surface area contributed by atoms with Crippen LogP contribution in [0.4, 0.5) is 92.2 Å². The molecule has 13 atom stereocenters. The molecule has 6 aromatic carbocycles. The summed E-state index contributed by atoms with van der Waals surface area (Å²) in [5.41, 5.74) is -17.4. The number of aliphatic hydroxyl groups is 7. The van der Waals surface area contributed by atoms with E-state index in [2.05, 4.69) is 6.92 Å². The lowest BCUT2D eigenvalue weighted by Gasteiger charge is -2.32. The zero-order chi connectivity index (χ0) is 89.7. The van der Waals surface area contributed by atoms with Gasteiger partial charge in [-0.3, -0.25) is 0 Å².